The smallest absolute Gasteiger partial charge is 0.276 e. The first kappa shape index (κ1) is 13.7. The standard InChI is InChI=1S/C15H13N5O2/c1-22-12-8-3-2-6-10(12)13-17-15(20-19-13)18-14(21)11-7-4-5-9-16-11/h2-9H,1H3,(H2,17,18,19,20,21). The van der Waals surface area contributed by atoms with Crippen LogP contribution in [0.5, 0.6) is 5.75 Å². The number of benzene rings is 1. The van der Waals surface area contributed by atoms with Crippen molar-refractivity contribution in [3.8, 4) is 17.1 Å². The molecule has 0 radical (unpaired) electrons. The van der Waals surface area contributed by atoms with Crippen molar-refractivity contribution in [2.75, 3.05) is 12.4 Å². The van der Waals surface area contributed by atoms with Crippen LogP contribution in [-0.4, -0.2) is 33.2 Å². The van der Waals surface area contributed by atoms with Gasteiger partial charge in [-0.15, -0.1) is 5.10 Å². The van der Waals surface area contributed by atoms with Crippen molar-refractivity contribution in [3.63, 3.8) is 0 Å². The van der Waals surface area contributed by atoms with Gasteiger partial charge in [0, 0.05) is 6.20 Å². The molecule has 3 rings (SSSR count). The highest BCUT2D eigenvalue weighted by Gasteiger charge is 2.13. The van der Waals surface area contributed by atoms with E-state index in [1.165, 1.54) is 0 Å². The van der Waals surface area contributed by atoms with Crippen LogP contribution in [-0.2, 0) is 0 Å². The van der Waals surface area contributed by atoms with Gasteiger partial charge in [0.25, 0.3) is 5.91 Å². The Kier molecular flexibility index (Phi) is 3.78. The third-order valence-electron chi connectivity index (χ3n) is 2.97. The van der Waals surface area contributed by atoms with Gasteiger partial charge in [0.1, 0.15) is 11.4 Å². The number of para-hydroxylation sites is 1. The van der Waals surface area contributed by atoms with Gasteiger partial charge in [0.15, 0.2) is 5.82 Å². The fraction of sp³-hybridized carbons (Fsp3) is 0.0667. The number of ether oxygens (including phenoxy) is 1. The summed E-state index contributed by atoms with van der Waals surface area (Å²) in [5.41, 5.74) is 1.06. The first-order valence-corrected chi connectivity index (χ1v) is 6.56. The number of nitrogens with one attached hydrogen (secondary N) is 2. The van der Waals surface area contributed by atoms with Crippen molar-refractivity contribution >= 4 is 11.9 Å². The summed E-state index contributed by atoms with van der Waals surface area (Å²) in [7, 11) is 1.58. The van der Waals surface area contributed by atoms with Gasteiger partial charge in [-0.05, 0) is 24.3 Å². The molecule has 0 aliphatic rings. The zero-order valence-corrected chi connectivity index (χ0v) is 11.8. The van der Waals surface area contributed by atoms with Crippen molar-refractivity contribution in [2.24, 2.45) is 0 Å². The predicted molar refractivity (Wildman–Crippen MR) is 80.6 cm³/mol. The molecule has 0 fully saturated rings. The molecule has 0 bridgehead atoms. The number of carbonyl (C=O) groups is 1. The summed E-state index contributed by atoms with van der Waals surface area (Å²) in [6.07, 6.45) is 1.55. The zero-order chi connectivity index (χ0) is 15.4. The minimum absolute atomic E-state index is 0.177. The average Bonchev–Trinajstić information content (AvgIpc) is 3.04. The van der Waals surface area contributed by atoms with Crippen LogP contribution in [0.4, 0.5) is 5.95 Å². The summed E-state index contributed by atoms with van der Waals surface area (Å²) >= 11 is 0. The van der Waals surface area contributed by atoms with E-state index >= 15 is 0 Å². The summed E-state index contributed by atoms with van der Waals surface area (Å²) < 4.78 is 5.27. The molecular formula is C15H13N5O2. The van der Waals surface area contributed by atoms with E-state index in [2.05, 4.69) is 25.5 Å². The monoisotopic (exact) mass is 295 g/mol. The molecule has 2 aromatic heterocycles. The Morgan fingerprint density at radius 2 is 2.00 bits per heavy atom. The molecule has 110 valence electrons. The maximum atomic E-state index is 12.0. The number of aromatic nitrogens is 4. The van der Waals surface area contributed by atoms with E-state index < -0.39 is 0 Å². The number of aromatic amines is 1. The number of hydrogen-bond donors (Lipinski definition) is 2. The Hall–Kier alpha value is -3.22. The van der Waals surface area contributed by atoms with Gasteiger partial charge in [0.05, 0.1) is 12.7 Å². The van der Waals surface area contributed by atoms with E-state index in [0.29, 0.717) is 17.3 Å². The second-order valence-electron chi connectivity index (χ2n) is 4.38. The summed E-state index contributed by atoms with van der Waals surface area (Å²) in [4.78, 5) is 20.2. The summed E-state index contributed by atoms with van der Waals surface area (Å²) in [6.45, 7) is 0. The Labute approximate surface area is 126 Å². The molecule has 0 saturated carbocycles. The number of rotatable bonds is 4. The average molecular weight is 295 g/mol. The maximum Gasteiger partial charge on any atom is 0.276 e. The molecule has 7 nitrogen and oxygen atoms in total. The van der Waals surface area contributed by atoms with E-state index in [1.807, 2.05) is 24.3 Å². The van der Waals surface area contributed by atoms with Crippen molar-refractivity contribution in [1.29, 1.82) is 0 Å². The lowest BCUT2D eigenvalue weighted by molar-refractivity contribution is 0.102. The minimum atomic E-state index is -0.369. The van der Waals surface area contributed by atoms with Crippen LogP contribution in [0, 0.1) is 0 Å². The summed E-state index contributed by atoms with van der Waals surface area (Å²) in [5, 5.41) is 9.35. The molecule has 3 aromatic rings. The molecule has 1 amide bonds. The molecule has 2 N–H and O–H groups in total. The molecule has 7 heteroatoms. The molecule has 0 spiro atoms. The number of H-pyrrole nitrogens is 1. The normalized spacial score (nSPS) is 10.2. The molecular weight excluding hydrogens is 282 g/mol. The zero-order valence-electron chi connectivity index (χ0n) is 11.8. The maximum absolute atomic E-state index is 12.0. The van der Waals surface area contributed by atoms with Gasteiger partial charge >= 0.3 is 0 Å². The van der Waals surface area contributed by atoms with E-state index in [0.717, 1.165) is 5.56 Å². The number of anilines is 1. The lowest BCUT2D eigenvalue weighted by atomic mass is 10.2. The predicted octanol–water partition coefficient (Wildman–Crippen LogP) is 2.13. The van der Waals surface area contributed by atoms with Gasteiger partial charge in [-0.25, -0.2) is 0 Å². The van der Waals surface area contributed by atoms with Crippen LogP contribution in [0.15, 0.2) is 48.7 Å². The van der Waals surface area contributed by atoms with Crippen LogP contribution < -0.4 is 10.1 Å². The number of methoxy groups -OCH3 is 1. The Bertz CT molecular complexity index is 785. The highest BCUT2D eigenvalue weighted by atomic mass is 16.5. The van der Waals surface area contributed by atoms with Gasteiger partial charge in [-0.1, -0.05) is 18.2 Å². The lowest BCUT2D eigenvalue weighted by Crippen LogP contribution is -2.14. The first-order chi connectivity index (χ1) is 10.8. The summed E-state index contributed by atoms with van der Waals surface area (Å²) in [5.74, 6) is 0.984. The van der Waals surface area contributed by atoms with Crippen LogP contribution in [0.2, 0.25) is 0 Å². The minimum Gasteiger partial charge on any atom is -0.496 e. The van der Waals surface area contributed by atoms with Crippen molar-refractivity contribution < 1.29 is 9.53 Å². The molecule has 0 aliphatic carbocycles. The molecule has 0 aliphatic heterocycles. The third kappa shape index (κ3) is 2.78. The highest BCUT2D eigenvalue weighted by molar-refractivity contribution is 6.01. The second-order valence-corrected chi connectivity index (χ2v) is 4.38. The number of amides is 1. The van der Waals surface area contributed by atoms with E-state index in [9.17, 15) is 4.79 Å². The molecule has 0 saturated heterocycles. The van der Waals surface area contributed by atoms with Gasteiger partial charge in [-0.2, -0.15) is 4.98 Å². The van der Waals surface area contributed by atoms with Crippen LogP contribution in [0.1, 0.15) is 10.5 Å². The lowest BCUT2D eigenvalue weighted by Gasteiger charge is -2.04. The van der Waals surface area contributed by atoms with Crippen LogP contribution in [0.3, 0.4) is 0 Å². The Balaban J connectivity index is 1.81. The largest absolute Gasteiger partial charge is 0.496 e. The first-order valence-electron chi connectivity index (χ1n) is 6.56. The molecule has 1 aromatic carbocycles. The molecule has 0 unspecified atom stereocenters. The molecule has 0 atom stereocenters. The van der Waals surface area contributed by atoms with Gasteiger partial charge < -0.3 is 4.74 Å². The van der Waals surface area contributed by atoms with Crippen molar-refractivity contribution in [3.05, 3.63) is 54.4 Å². The van der Waals surface area contributed by atoms with Crippen molar-refractivity contribution in [2.45, 2.75) is 0 Å². The third-order valence-corrected chi connectivity index (χ3v) is 2.97. The SMILES string of the molecule is COc1ccccc1-c1nc(NC(=O)c2ccccn2)n[nH]1. The Morgan fingerprint density at radius 1 is 1.18 bits per heavy atom. The van der Waals surface area contributed by atoms with E-state index in [-0.39, 0.29) is 11.9 Å². The topological polar surface area (TPSA) is 92.8 Å². The fourth-order valence-corrected chi connectivity index (χ4v) is 1.94. The highest BCUT2D eigenvalue weighted by Crippen LogP contribution is 2.27. The van der Waals surface area contributed by atoms with E-state index in [1.54, 1.807) is 31.5 Å². The Morgan fingerprint density at radius 3 is 2.77 bits per heavy atom. The second kappa shape index (κ2) is 6.04. The number of hydrogen-bond acceptors (Lipinski definition) is 5. The molecule has 22 heavy (non-hydrogen) atoms. The van der Waals surface area contributed by atoms with E-state index in [4.69, 9.17) is 4.74 Å². The number of carbonyl (C=O) groups excluding carboxylic acids is 1. The van der Waals surface area contributed by atoms with Crippen LogP contribution in [0.25, 0.3) is 11.4 Å². The van der Waals surface area contributed by atoms with Gasteiger partial charge in [-0.3, -0.25) is 20.2 Å². The number of pyridine rings is 1. The molecule has 2 heterocycles. The quantitative estimate of drug-likeness (QED) is 0.769. The summed E-state index contributed by atoms with van der Waals surface area (Å²) in [6, 6.07) is 12.5. The van der Waals surface area contributed by atoms with Gasteiger partial charge in [0.2, 0.25) is 5.95 Å². The number of nitrogens with zero attached hydrogens (tertiary/aromatic N) is 3. The van der Waals surface area contributed by atoms with Crippen LogP contribution >= 0.6 is 0 Å². The fourth-order valence-electron chi connectivity index (χ4n) is 1.94. The van der Waals surface area contributed by atoms with Crippen molar-refractivity contribution in [1.82, 2.24) is 20.2 Å².